The third-order valence-electron chi connectivity index (χ3n) is 4.40. The summed E-state index contributed by atoms with van der Waals surface area (Å²) < 4.78 is 5.15. The first-order valence-corrected chi connectivity index (χ1v) is 10.6. The lowest BCUT2D eigenvalue weighted by Gasteiger charge is -2.03. The number of carbonyl (C=O) groups is 1. The molecule has 0 aliphatic heterocycles. The van der Waals surface area contributed by atoms with Crippen LogP contribution in [0.4, 0.5) is 0 Å². The van der Waals surface area contributed by atoms with Gasteiger partial charge in [0, 0.05) is 6.42 Å². The Hall–Kier alpha value is -0.790. The molecule has 0 radical (unpaired) electrons. The van der Waals surface area contributed by atoms with Crippen LogP contribution >= 0.6 is 0 Å². The van der Waals surface area contributed by atoms with E-state index in [0.29, 0.717) is 13.0 Å². The number of allylic oxidation sites excluding steroid dienone is 2. The van der Waals surface area contributed by atoms with E-state index in [1.165, 1.54) is 70.6 Å². The summed E-state index contributed by atoms with van der Waals surface area (Å²) in [5.41, 5.74) is 0. The molecule has 0 rings (SSSR count). The Morgan fingerprint density at radius 2 is 1.17 bits per heavy atom. The van der Waals surface area contributed by atoms with E-state index in [2.05, 4.69) is 26.0 Å². The van der Waals surface area contributed by atoms with Crippen LogP contribution in [0.5, 0.6) is 0 Å². The maximum absolute atomic E-state index is 11.4. The average molecular weight is 339 g/mol. The van der Waals surface area contributed by atoms with Gasteiger partial charge in [-0.05, 0) is 38.5 Å². The van der Waals surface area contributed by atoms with E-state index in [9.17, 15) is 4.79 Å². The fourth-order valence-corrected chi connectivity index (χ4v) is 2.74. The summed E-state index contributed by atoms with van der Waals surface area (Å²) in [5.74, 6) is -0.0129. The summed E-state index contributed by atoms with van der Waals surface area (Å²) >= 11 is 0. The maximum atomic E-state index is 11.4. The predicted molar refractivity (Wildman–Crippen MR) is 105 cm³/mol. The van der Waals surface area contributed by atoms with Gasteiger partial charge in [-0.2, -0.15) is 0 Å². The van der Waals surface area contributed by atoms with Gasteiger partial charge in [0.1, 0.15) is 0 Å². The minimum atomic E-state index is -0.0129. The molecular formula is C22H42O2. The molecule has 0 aromatic rings. The van der Waals surface area contributed by atoms with Crippen molar-refractivity contribution < 1.29 is 9.53 Å². The average Bonchev–Trinajstić information content (AvgIpc) is 2.58. The Balaban J connectivity index is 3.16. The first-order valence-electron chi connectivity index (χ1n) is 10.6. The molecule has 0 saturated carbocycles. The van der Waals surface area contributed by atoms with Gasteiger partial charge >= 0.3 is 5.97 Å². The number of esters is 1. The maximum Gasteiger partial charge on any atom is 0.305 e. The van der Waals surface area contributed by atoms with Crippen molar-refractivity contribution in [1.82, 2.24) is 0 Å². The van der Waals surface area contributed by atoms with Crippen LogP contribution in [0.2, 0.25) is 0 Å². The van der Waals surface area contributed by atoms with Gasteiger partial charge in [0.05, 0.1) is 6.61 Å². The first kappa shape index (κ1) is 23.2. The molecule has 0 saturated heterocycles. The van der Waals surface area contributed by atoms with Crippen molar-refractivity contribution in [2.75, 3.05) is 6.61 Å². The number of hydrogen-bond donors (Lipinski definition) is 0. The fourth-order valence-electron chi connectivity index (χ4n) is 2.74. The molecule has 0 atom stereocenters. The molecular weight excluding hydrogens is 296 g/mol. The van der Waals surface area contributed by atoms with E-state index in [4.69, 9.17) is 4.74 Å². The third-order valence-corrected chi connectivity index (χ3v) is 4.40. The standard InChI is InChI=1S/C22H42O2/c1-3-5-7-8-9-10-11-12-13-14-15-16-17-18-19-20-22(23)24-21-6-4-2/h12-13H,3-11,14-21H2,1-2H3. The van der Waals surface area contributed by atoms with E-state index in [1.807, 2.05) is 0 Å². The molecule has 0 aromatic heterocycles. The minimum Gasteiger partial charge on any atom is -0.466 e. The molecule has 142 valence electrons. The van der Waals surface area contributed by atoms with Crippen molar-refractivity contribution in [3.8, 4) is 0 Å². The summed E-state index contributed by atoms with van der Waals surface area (Å²) in [5, 5.41) is 0. The second kappa shape index (κ2) is 20.3. The highest BCUT2D eigenvalue weighted by molar-refractivity contribution is 5.69. The monoisotopic (exact) mass is 338 g/mol. The van der Waals surface area contributed by atoms with Gasteiger partial charge in [-0.3, -0.25) is 4.79 Å². The normalized spacial score (nSPS) is 11.2. The zero-order valence-electron chi connectivity index (χ0n) is 16.5. The van der Waals surface area contributed by atoms with Crippen LogP contribution in [-0.2, 0) is 9.53 Å². The van der Waals surface area contributed by atoms with Crippen molar-refractivity contribution in [3.05, 3.63) is 12.2 Å². The summed E-state index contributed by atoms with van der Waals surface area (Å²) in [7, 11) is 0. The van der Waals surface area contributed by atoms with Crippen LogP contribution < -0.4 is 0 Å². The Kier molecular flexibility index (Phi) is 19.6. The highest BCUT2D eigenvalue weighted by Gasteiger charge is 2.01. The van der Waals surface area contributed by atoms with Gasteiger partial charge in [0.2, 0.25) is 0 Å². The molecule has 0 N–H and O–H groups in total. The SMILES string of the molecule is CCCCCCCCC=CCCCCCCCC(=O)OCCCC. The molecule has 0 aliphatic carbocycles. The second-order valence-corrected chi connectivity index (χ2v) is 6.91. The van der Waals surface area contributed by atoms with Gasteiger partial charge in [0.15, 0.2) is 0 Å². The quantitative estimate of drug-likeness (QED) is 0.148. The summed E-state index contributed by atoms with van der Waals surface area (Å²) in [6.07, 6.45) is 24.1. The molecule has 0 spiro atoms. The van der Waals surface area contributed by atoms with Crippen molar-refractivity contribution >= 4 is 5.97 Å². The summed E-state index contributed by atoms with van der Waals surface area (Å²) in [4.78, 5) is 11.4. The van der Waals surface area contributed by atoms with Crippen LogP contribution in [-0.4, -0.2) is 12.6 Å². The number of unbranched alkanes of at least 4 members (excludes halogenated alkanes) is 12. The molecule has 2 heteroatoms. The van der Waals surface area contributed by atoms with E-state index in [1.54, 1.807) is 0 Å². The highest BCUT2D eigenvalue weighted by Crippen LogP contribution is 2.10. The van der Waals surface area contributed by atoms with Crippen molar-refractivity contribution in [2.24, 2.45) is 0 Å². The van der Waals surface area contributed by atoms with Crippen molar-refractivity contribution in [1.29, 1.82) is 0 Å². The van der Waals surface area contributed by atoms with Gasteiger partial charge in [0.25, 0.3) is 0 Å². The van der Waals surface area contributed by atoms with Crippen LogP contribution in [0, 0.1) is 0 Å². The smallest absolute Gasteiger partial charge is 0.305 e. The zero-order valence-corrected chi connectivity index (χ0v) is 16.5. The lowest BCUT2D eigenvalue weighted by molar-refractivity contribution is -0.143. The number of ether oxygens (including phenoxy) is 1. The Labute approximate surface area is 151 Å². The Bertz CT molecular complexity index is 284. The van der Waals surface area contributed by atoms with Crippen LogP contribution in [0.3, 0.4) is 0 Å². The van der Waals surface area contributed by atoms with Gasteiger partial charge in [-0.15, -0.1) is 0 Å². The predicted octanol–water partition coefficient (Wildman–Crippen LogP) is 7.37. The van der Waals surface area contributed by atoms with E-state index >= 15 is 0 Å². The minimum absolute atomic E-state index is 0.0129. The molecule has 24 heavy (non-hydrogen) atoms. The molecule has 0 aliphatic rings. The lowest BCUT2D eigenvalue weighted by Crippen LogP contribution is -2.05. The van der Waals surface area contributed by atoms with Crippen LogP contribution in [0.1, 0.15) is 117 Å². The molecule has 0 bridgehead atoms. The molecule has 2 nitrogen and oxygen atoms in total. The topological polar surface area (TPSA) is 26.3 Å². The van der Waals surface area contributed by atoms with E-state index in [-0.39, 0.29) is 5.97 Å². The van der Waals surface area contributed by atoms with E-state index < -0.39 is 0 Å². The van der Waals surface area contributed by atoms with Crippen molar-refractivity contribution in [2.45, 2.75) is 117 Å². The van der Waals surface area contributed by atoms with Gasteiger partial charge in [-0.1, -0.05) is 83.8 Å². The van der Waals surface area contributed by atoms with Crippen LogP contribution in [0.15, 0.2) is 12.2 Å². The number of carbonyl (C=O) groups excluding carboxylic acids is 1. The molecule has 0 fully saturated rings. The molecule has 0 unspecified atom stereocenters. The van der Waals surface area contributed by atoms with Crippen LogP contribution in [0.25, 0.3) is 0 Å². The first-order chi connectivity index (χ1) is 11.8. The Morgan fingerprint density at radius 3 is 1.75 bits per heavy atom. The largest absolute Gasteiger partial charge is 0.466 e. The van der Waals surface area contributed by atoms with E-state index in [0.717, 1.165) is 25.7 Å². The summed E-state index contributed by atoms with van der Waals surface area (Å²) in [6.45, 7) is 4.98. The van der Waals surface area contributed by atoms with Crippen molar-refractivity contribution in [3.63, 3.8) is 0 Å². The zero-order chi connectivity index (χ0) is 17.7. The highest BCUT2D eigenvalue weighted by atomic mass is 16.5. The van der Waals surface area contributed by atoms with Gasteiger partial charge in [-0.25, -0.2) is 0 Å². The number of rotatable bonds is 18. The molecule has 0 heterocycles. The second-order valence-electron chi connectivity index (χ2n) is 6.91. The summed E-state index contributed by atoms with van der Waals surface area (Å²) in [6, 6.07) is 0. The third kappa shape index (κ3) is 19.3. The number of hydrogen-bond acceptors (Lipinski definition) is 2. The Morgan fingerprint density at radius 1 is 0.667 bits per heavy atom. The molecule has 0 amide bonds. The fraction of sp³-hybridized carbons (Fsp3) is 0.864. The van der Waals surface area contributed by atoms with Gasteiger partial charge < -0.3 is 4.74 Å². The molecule has 0 aromatic carbocycles. The lowest BCUT2D eigenvalue weighted by atomic mass is 10.1.